The number of imidazole rings is 1. The summed E-state index contributed by atoms with van der Waals surface area (Å²) in [6.07, 6.45) is 5.01. The van der Waals surface area contributed by atoms with Gasteiger partial charge in [-0.3, -0.25) is 0 Å². The molecule has 0 aliphatic heterocycles. The number of hydrogen-bond donors (Lipinski definition) is 3. The molecule has 5 rings (SSSR count). The van der Waals surface area contributed by atoms with Crippen LogP contribution in [0.1, 0.15) is 37.1 Å². The number of aromatic nitrogens is 4. The van der Waals surface area contributed by atoms with E-state index in [0.29, 0.717) is 5.95 Å². The number of benzene rings is 2. The number of ether oxygens (including phenoxy) is 1. The first-order valence-corrected chi connectivity index (χ1v) is 10.4. The van der Waals surface area contributed by atoms with Gasteiger partial charge in [-0.2, -0.15) is 0 Å². The Balaban J connectivity index is 1.44. The van der Waals surface area contributed by atoms with Gasteiger partial charge >= 0.3 is 0 Å². The first-order valence-electron chi connectivity index (χ1n) is 10.4. The molecule has 0 unspecified atom stereocenters. The number of rotatable bonds is 4. The van der Waals surface area contributed by atoms with Gasteiger partial charge in [0.05, 0.1) is 23.2 Å². The van der Waals surface area contributed by atoms with Gasteiger partial charge in [-0.05, 0) is 63.3 Å². The standard InChI is InChI=1S/C23H25N5O2/c1-13-10-16(11-19-21(13)26-14(2)25-19)27-23-24-12-15-4-3-5-20(22(15)28-23)30-18-8-6-17(29)7-9-18/h3-5,10-12,17-18,29H,6-9H2,1-2H3,(H,25,26)(H,24,27,28). The number of H-pyrrole nitrogens is 1. The van der Waals surface area contributed by atoms with Crippen LogP contribution in [0.5, 0.6) is 5.75 Å². The van der Waals surface area contributed by atoms with E-state index in [4.69, 9.17) is 9.72 Å². The van der Waals surface area contributed by atoms with Crippen LogP contribution >= 0.6 is 0 Å². The Morgan fingerprint density at radius 1 is 1.07 bits per heavy atom. The maximum atomic E-state index is 9.74. The molecule has 30 heavy (non-hydrogen) atoms. The SMILES string of the molecule is Cc1nc2c(C)cc(Nc3ncc4cccc(OC5CCC(O)CC5)c4n3)cc2[nH]1. The van der Waals surface area contributed by atoms with Crippen molar-refractivity contribution in [3.8, 4) is 5.75 Å². The number of anilines is 2. The van der Waals surface area contributed by atoms with Gasteiger partial charge in [-0.1, -0.05) is 12.1 Å². The lowest BCUT2D eigenvalue weighted by atomic mass is 9.95. The number of fused-ring (bicyclic) bond motifs is 2. The highest BCUT2D eigenvalue weighted by atomic mass is 16.5. The quantitative estimate of drug-likeness (QED) is 0.463. The Kier molecular flexibility index (Phi) is 4.75. The maximum absolute atomic E-state index is 9.74. The fourth-order valence-electron chi connectivity index (χ4n) is 4.14. The number of hydrogen-bond acceptors (Lipinski definition) is 6. The van der Waals surface area contributed by atoms with E-state index in [9.17, 15) is 5.11 Å². The first kappa shape index (κ1) is 18.8. The molecule has 7 heteroatoms. The van der Waals surface area contributed by atoms with Crippen LogP contribution < -0.4 is 10.1 Å². The number of aromatic amines is 1. The van der Waals surface area contributed by atoms with Crippen LogP contribution in [-0.2, 0) is 0 Å². The Hall–Kier alpha value is -3.19. The van der Waals surface area contributed by atoms with Crippen molar-refractivity contribution in [1.29, 1.82) is 0 Å². The molecule has 1 aliphatic rings. The van der Waals surface area contributed by atoms with Crippen LogP contribution in [-0.4, -0.2) is 37.3 Å². The zero-order valence-corrected chi connectivity index (χ0v) is 17.1. The third-order valence-electron chi connectivity index (χ3n) is 5.66. The van der Waals surface area contributed by atoms with Gasteiger partial charge in [0, 0.05) is 17.3 Å². The van der Waals surface area contributed by atoms with Gasteiger partial charge in [0.1, 0.15) is 17.1 Å². The van der Waals surface area contributed by atoms with Gasteiger partial charge in [-0.15, -0.1) is 0 Å². The van der Waals surface area contributed by atoms with Crippen molar-refractivity contribution in [1.82, 2.24) is 19.9 Å². The van der Waals surface area contributed by atoms with Gasteiger partial charge in [0.25, 0.3) is 0 Å². The van der Waals surface area contributed by atoms with E-state index in [1.807, 2.05) is 50.4 Å². The average Bonchev–Trinajstić information content (AvgIpc) is 3.11. The van der Waals surface area contributed by atoms with E-state index in [2.05, 4.69) is 20.3 Å². The number of para-hydroxylation sites is 1. The smallest absolute Gasteiger partial charge is 0.227 e. The molecule has 2 heterocycles. The lowest BCUT2D eigenvalue weighted by molar-refractivity contribution is 0.0672. The molecule has 2 aromatic carbocycles. The molecular weight excluding hydrogens is 378 g/mol. The predicted molar refractivity (Wildman–Crippen MR) is 117 cm³/mol. The van der Waals surface area contributed by atoms with E-state index in [1.54, 1.807) is 0 Å². The molecule has 7 nitrogen and oxygen atoms in total. The number of aliphatic hydroxyl groups is 1. The summed E-state index contributed by atoms with van der Waals surface area (Å²) in [5.41, 5.74) is 4.74. The summed E-state index contributed by atoms with van der Waals surface area (Å²) in [6.45, 7) is 4.00. The third-order valence-corrected chi connectivity index (χ3v) is 5.66. The molecule has 0 saturated heterocycles. The van der Waals surface area contributed by atoms with Gasteiger partial charge < -0.3 is 20.1 Å². The molecule has 0 atom stereocenters. The van der Waals surface area contributed by atoms with Crippen molar-refractivity contribution < 1.29 is 9.84 Å². The van der Waals surface area contributed by atoms with Crippen LogP contribution in [0.15, 0.2) is 36.5 Å². The molecule has 0 bridgehead atoms. The molecular formula is C23H25N5O2. The van der Waals surface area contributed by atoms with Crippen molar-refractivity contribution in [2.45, 2.75) is 51.7 Å². The number of nitrogens with zero attached hydrogens (tertiary/aromatic N) is 3. The molecule has 0 radical (unpaired) electrons. The minimum absolute atomic E-state index is 0.110. The average molecular weight is 403 g/mol. The van der Waals surface area contributed by atoms with Crippen molar-refractivity contribution in [3.63, 3.8) is 0 Å². The molecule has 1 aliphatic carbocycles. The lowest BCUT2D eigenvalue weighted by Crippen LogP contribution is -2.26. The number of aryl methyl sites for hydroxylation is 2. The molecule has 4 aromatic rings. The second-order valence-electron chi connectivity index (χ2n) is 8.07. The molecule has 3 N–H and O–H groups in total. The summed E-state index contributed by atoms with van der Waals surface area (Å²) in [6, 6.07) is 9.97. The highest BCUT2D eigenvalue weighted by molar-refractivity contribution is 5.86. The maximum Gasteiger partial charge on any atom is 0.227 e. The highest BCUT2D eigenvalue weighted by Gasteiger charge is 2.21. The normalized spacial score (nSPS) is 19.3. The van der Waals surface area contributed by atoms with E-state index in [0.717, 1.165) is 70.4 Å². The Morgan fingerprint density at radius 2 is 1.90 bits per heavy atom. The van der Waals surface area contributed by atoms with Gasteiger partial charge in [-0.25, -0.2) is 15.0 Å². The monoisotopic (exact) mass is 403 g/mol. The highest BCUT2D eigenvalue weighted by Crippen LogP contribution is 2.30. The zero-order valence-electron chi connectivity index (χ0n) is 17.1. The molecule has 0 spiro atoms. The minimum atomic E-state index is -0.199. The molecule has 2 aromatic heterocycles. The van der Waals surface area contributed by atoms with Crippen molar-refractivity contribution >= 4 is 33.6 Å². The van der Waals surface area contributed by atoms with Crippen molar-refractivity contribution in [3.05, 3.63) is 47.9 Å². The predicted octanol–water partition coefficient (Wildman–Crippen LogP) is 4.55. The topological polar surface area (TPSA) is 96.0 Å². The second kappa shape index (κ2) is 7.57. The first-order chi connectivity index (χ1) is 14.5. The number of nitrogens with one attached hydrogen (secondary N) is 2. The molecule has 0 amide bonds. The summed E-state index contributed by atoms with van der Waals surface area (Å²) >= 11 is 0. The van der Waals surface area contributed by atoms with E-state index in [-0.39, 0.29) is 12.2 Å². The summed E-state index contributed by atoms with van der Waals surface area (Å²) < 4.78 is 6.26. The van der Waals surface area contributed by atoms with Gasteiger partial charge in [0.2, 0.25) is 5.95 Å². The number of aliphatic hydroxyl groups excluding tert-OH is 1. The van der Waals surface area contributed by atoms with E-state index in [1.165, 1.54) is 0 Å². The molecule has 154 valence electrons. The fourth-order valence-corrected chi connectivity index (χ4v) is 4.14. The van der Waals surface area contributed by atoms with Crippen molar-refractivity contribution in [2.24, 2.45) is 0 Å². The van der Waals surface area contributed by atoms with Gasteiger partial charge in [0.15, 0.2) is 0 Å². The summed E-state index contributed by atoms with van der Waals surface area (Å²) in [5, 5.41) is 14.0. The Bertz CT molecular complexity index is 1210. The zero-order chi connectivity index (χ0) is 20.7. The summed E-state index contributed by atoms with van der Waals surface area (Å²) in [7, 11) is 0. The summed E-state index contributed by atoms with van der Waals surface area (Å²) in [4.78, 5) is 17.0. The molecule has 1 fully saturated rings. The lowest BCUT2D eigenvalue weighted by Gasteiger charge is -2.26. The van der Waals surface area contributed by atoms with Crippen LogP contribution in [0.4, 0.5) is 11.6 Å². The largest absolute Gasteiger partial charge is 0.488 e. The Labute approximate surface area is 174 Å². The van der Waals surface area contributed by atoms with Crippen molar-refractivity contribution in [2.75, 3.05) is 5.32 Å². The van der Waals surface area contributed by atoms with Crippen LogP contribution in [0.2, 0.25) is 0 Å². The summed E-state index contributed by atoms with van der Waals surface area (Å²) in [5.74, 6) is 2.17. The van der Waals surface area contributed by atoms with E-state index >= 15 is 0 Å². The minimum Gasteiger partial charge on any atom is -0.488 e. The van der Waals surface area contributed by atoms with Crippen LogP contribution in [0.3, 0.4) is 0 Å². The third kappa shape index (κ3) is 3.68. The second-order valence-corrected chi connectivity index (χ2v) is 8.07. The van der Waals surface area contributed by atoms with E-state index < -0.39 is 0 Å². The fraction of sp³-hybridized carbons (Fsp3) is 0.348. The van der Waals surface area contributed by atoms with Crippen LogP contribution in [0.25, 0.3) is 21.9 Å². The Morgan fingerprint density at radius 3 is 2.73 bits per heavy atom. The van der Waals surface area contributed by atoms with Crippen LogP contribution in [0, 0.1) is 13.8 Å². The molecule has 1 saturated carbocycles.